The molecule has 0 saturated carbocycles. The number of rotatable bonds is 11. The van der Waals surface area contributed by atoms with Gasteiger partial charge >= 0.3 is 0 Å². The number of fused-ring (bicyclic) bond motifs is 1. The summed E-state index contributed by atoms with van der Waals surface area (Å²) in [6.07, 6.45) is 3.87. The Morgan fingerprint density at radius 1 is 1.00 bits per heavy atom. The number of para-hydroxylation sites is 1. The van der Waals surface area contributed by atoms with Crippen LogP contribution in [0.15, 0.2) is 54.6 Å². The topological polar surface area (TPSA) is 94.2 Å². The summed E-state index contributed by atoms with van der Waals surface area (Å²) in [5, 5.41) is 9.60. The van der Waals surface area contributed by atoms with Crippen molar-refractivity contribution in [2.24, 2.45) is 0 Å². The molecule has 1 amide bonds. The monoisotopic (exact) mass is 413 g/mol. The largest absolute Gasteiger partial charge is 0.355 e. The number of nitrogens with one attached hydrogen (secondary N) is 3. The van der Waals surface area contributed by atoms with Crippen molar-refractivity contribution in [3.8, 4) is 11.3 Å². The van der Waals surface area contributed by atoms with Gasteiger partial charge in [-0.1, -0.05) is 55.3 Å². The molecule has 4 N–H and O–H groups in total. The van der Waals surface area contributed by atoms with Crippen LogP contribution in [0.3, 0.4) is 0 Å². The van der Waals surface area contributed by atoms with E-state index >= 15 is 0 Å². The van der Waals surface area contributed by atoms with Crippen molar-refractivity contribution < 1.29 is 14.2 Å². The first-order valence-electron chi connectivity index (χ1n) is 9.87. The van der Waals surface area contributed by atoms with E-state index in [1.165, 1.54) is 5.39 Å². The summed E-state index contributed by atoms with van der Waals surface area (Å²) in [6, 6.07) is 18.5. The van der Waals surface area contributed by atoms with Gasteiger partial charge in [-0.25, -0.2) is 14.4 Å². The fraction of sp³-hybridized carbons (Fsp3) is 0.318. The van der Waals surface area contributed by atoms with Crippen LogP contribution in [0.4, 0.5) is 0 Å². The summed E-state index contributed by atoms with van der Waals surface area (Å²) in [4.78, 5) is 14.3. The van der Waals surface area contributed by atoms with Crippen LogP contribution in [0.1, 0.15) is 37.7 Å². The SMILES string of the molecule is O=C(CCCCCCNS(=O)Cc1ccc(-c2cc3ccccc3[nH]2)cc1)NO. The van der Waals surface area contributed by atoms with E-state index in [9.17, 15) is 9.00 Å². The molecular weight excluding hydrogens is 386 g/mol. The average Bonchev–Trinajstić information content (AvgIpc) is 3.17. The molecule has 154 valence electrons. The van der Waals surface area contributed by atoms with Crippen molar-refractivity contribution in [1.82, 2.24) is 15.2 Å². The van der Waals surface area contributed by atoms with Gasteiger partial charge in [-0.2, -0.15) is 0 Å². The molecule has 0 aliphatic carbocycles. The highest BCUT2D eigenvalue weighted by Gasteiger charge is 2.05. The molecule has 0 spiro atoms. The number of amides is 1. The van der Waals surface area contributed by atoms with E-state index in [0.717, 1.165) is 48.0 Å². The second-order valence-corrected chi connectivity index (χ2v) is 8.32. The van der Waals surface area contributed by atoms with Gasteiger partial charge in [-0.05, 0) is 36.1 Å². The molecule has 0 radical (unpaired) electrons. The van der Waals surface area contributed by atoms with E-state index in [-0.39, 0.29) is 5.91 Å². The summed E-state index contributed by atoms with van der Waals surface area (Å²) in [5.74, 6) is 0.128. The van der Waals surface area contributed by atoms with Crippen molar-refractivity contribution in [1.29, 1.82) is 0 Å². The molecule has 1 atom stereocenters. The summed E-state index contributed by atoms with van der Waals surface area (Å²) >= 11 is 0. The number of hydrogen-bond donors (Lipinski definition) is 4. The van der Waals surface area contributed by atoms with E-state index in [1.54, 1.807) is 5.48 Å². The van der Waals surface area contributed by atoms with E-state index < -0.39 is 11.0 Å². The van der Waals surface area contributed by atoms with E-state index in [0.29, 0.717) is 18.7 Å². The minimum absolute atomic E-state index is 0.338. The number of benzene rings is 2. The molecule has 3 aromatic rings. The number of unbranched alkanes of at least 4 members (excludes halogenated alkanes) is 3. The van der Waals surface area contributed by atoms with Gasteiger partial charge in [-0.15, -0.1) is 0 Å². The standard InChI is InChI=1S/C22H27N3O3S/c26-22(25-27)9-3-1-2-6-14-23-29(28)16-17-10-12-18(13-11-17)21-15-19-7-4-5-8-20(19)24-21/h4-5,7-8,10-13,15,23-24,27H,1-3,6,9,14,16H2,(H,25,26). The van der Waals surface area contributed by atoms with Gasteiger partial charge in [0.1, 0.15) is 0 Å². The van der Waals surface area contributed by atoms with Gasteiger partial charge in [0.15, 0.2) is 0 Å². The Morgan fingerprint density at radius 3 is 2.52 bits per heavy atom. The molecule has 1 aromatic heterocycles. The smallest absolute Gasteiger partial charge is 0.243 e. The third-order valence-electron chi connectivity index (χ3n) is 4.81. The maximum atomic E-state index is 12.2. The number of hydrogen-bond acceptors (Lipinski definition) is 3. The molecule has 3 rings (SSSR count). The Labute approximate surface area is 173 Å². The molecule has 6 nitrogen and oxygen atoms in total. The summed E-state index contributed by atoms with van der Waals surface area (Å²) in [7, 11) is -1.11. The third-order valence-corrected chi connectivity index (χ3v) is 5.93. The highest BCUT2D eigenvalue weighted by atomic mass is 32.2. The Hall–Kier alpha value is -2.48. The van der Waals surface area contributed by atoms with Gasteiger partial charge < -0.3 is 4.98 Å². The van der Waals surface area contributed by atoms with Crippen molar-refractivity contribution in [2.75, 3.05) is 6.54 Å². The average molecular weight is 414 g/mol. The number of H-pyrrole nitrogens is 1. The van der Waals surface area contributed by atoms with Gasteiger partial charge in [0.2, 0.25) is 5.91 Å². The first kappa shape index (κ1) is 21.2. The molecule has 0 bridgehead atoms. The predicted octanol–water partition coefficient (Wildman–Crippen LogP) is 4.04. The van der Waals surface area contributed by atoms with Crippen LogP contribution < -0.4 is 10.2 Å². The first-order valence-corrected chi connectivity index (χ1v) is 11.2. The fourth-order valence-corrected chi connectivity index (χ4v) is 4.19. The third kappa shape index (κ3) is 6.52. The molecule has 7 heteroatoms. The molecular formula is C22H27N3O3S. The Kier molecular flexibility index (Phi) is 7.98. The number of aromatic amines is 1. The lowest BCUT2D eigenvalue weighted by atomic mass is 10.1. The Morgan fingerprint density at radius 2 is 1.76 bits per heavy atom. The number of aromatic nitrogens is 1. The highest BCUT2D eigenvalue weighted by molar-refractivity contribution is 7.82. The number of carbonyl (C=O) groups excluding carboxylic acids is 1. The van der Waals surface area contributed by atoms with Crippen LogP contribution in [-0.2, 0) is 21.5 Å². The minimum atomic E-state index is -1.11. The van der Waals surface area contributed by atoms with Crippen molar-refractivity contribution >= 4 is 27.8 Å². The summed E-state index contributed by atoms with van der Waals surface area (Å²) in [6.45, 7) is 0.686. The maximum absolute atomic E-state index is 12.2. The molecule has 1 unspecified atom stereocenters. The number of carbonyl (C=O) groups is 1. The van der Waals surface area contributed by atoms with Gasteiger partial charge in [0.05, 0.1) is 16.7 Å². The normalized spacial score (nSPS) is 12.2. The second kappa shape index (κ2) is 10.9. The van der Waals surface area contributed by atoms with E-state index in [4.69, 9.17) is 5.21 Å². The van der Waals surface area contributed by atoms with Crippen LogP contribution in [0.25, 0.3) is 22.2 Å². The Bertz CT molecular complexity index is 920. The highest BCUT2D eigenvalue weighted by Crippen LogP contribution is 2.24. The summed E-state index contributed by atoms with van der Waals surface area (Å²) < 4.78 is 15.3. The maximum Gasteiger partial charge on any atom is 0.243 e. The zero-order chi connectivity index (χ0) is 20.5. The fourth-order valence-electron chi connectivity index (χ4n) is 3.22. The molecule has 0 aliphatic rings. The number of hydroxylamine groups is 1. The lowest BCUT2D eigenvalue weighted by Crippen LogP contribution is -2.20. The van der Waals surface area contributed by atoms with E-state index in [1.807, 2.05) is 24.3 Å². The summed E-state index contributed by atoms with van der Waals surface area (Å²) in [5.41, 5.74) is 5.97. The van der Waals surface area contributed by atoms with Gasteiger partial charge in [0, 0.05) is 29.6 Å². The predicted molar refractivity (Wildman–Crippen MR) is 117 cm³/mol. The van der Waals surface area contributed by atoms with Crippen LogP contribution in [-0.4, -0.2) is 26.9 Å². The zero-order valence-electron chi connectivity index (χ0n) is 16.3. The van der Waals surface area contributed by atoms with Crippen LogP contribution in [0.5, 0.6) is 0 Å². The molecule has 1 heterocycles. The lowest BCUT2D eigenvalue weighted by Gasteiger charge is -2.06. The molecule has 2 aromatic carbocycles. The molecule has 29 heavy (non-hydrogen) atoms. The Balaban J connectivity index is 1.39. The van der Waals surface area contributed by atoms with Gasteiger partial charge in [-0.3, -0.25) is 10.0 Å². The molecule has 0 saturated heterocycles. The van der Waals surface area contributed by atoms with Crippen LogP contribution >= 0.6 is 0 Å². The van der Waals surface area contributed by atoms with Crippen LogP contribution in [0.2, 0.25) is 0 Å². The van der Waals surface area contributed by atoms with Crippen molar-refractivity contribution in [3.63, 3.8) is 0 Å². The van der Waals surface area contributed by atoms with Crippen molar-refractivity contribution in [3.05, 3.63) is 60.2 Å². The lowest BCUT2D eigenvalue weighted by molar-refractivity contribution is -0.129. The van der Waals surface area contributed by atoms with Crippen LogP contribution in [0, 0.1) is 0 Å². The van der Waals surface area contributed by atoms with Gasteiger partial charge in [0.25, 0.3) is 0 Å². The van der Waals surface area contributed by atoms with E-state index in [2.05, 4.69) is 40.0 Å². The molecule has 0 aliphatic heterocycles. The molecule has 0 fully saturated rings. The zero-order valence-corrected chi connectivity index (χ0v) is 17.1. The minimum Gasteiger partial charge on any atom is -0.355 e. The quantitative estimate of drug-likeness (QED) is 0.217. The first-order chi connectivity index (χ1) is 14.2. The second-order valence-electron chi connectivity index (χ2n) is 7.05. The van der Waals surface area contributed by atoms with Crippen molar-refractivity contribution in [2.45, 2.75) is 37.9 Å².